The van der Waals surface area contributed by atoms with Crippen molar-refractivity contribution in [2.75, 3.05) is 0 Å². The molecule has 0 spiro atoms. The molecule has 110 valence electrons. The molecule has 0 aromatic heterocycles. The van der Waals surface area contributed by atoms with Gasteiger partial charge in [0.05, 0.1) is 11.2 Å². The molecule has 0 radical (unpaired) electrons. The molecule has 1 atom stereocenters. The summed E-state index contributed by atoms with van der Waals surface area (Å²) >= 11 is 2.69. The lowest BCUT2D eigenvalue weighted by atomic mass is 10.00. The van der Waals surface area contributed by atoms with Crippen LogP contribution in [0.15, 0.2) is 23.1 Å². The molecule has 0 amide bonds. The van der Waals surface area contributed by atoms with E-state index in [4.69, 9.17) is 5.11 Å². The van der Waals surface area contributed by atoms with Gasteiger partial charge in [-0.05, 0) is 35.9 Å². The van der Waals surface area contributed by atoms with Gasteiger partial charge in [0.1, 0.15) is 5.78 Å². The third-order valence-electron chi connectivity index (χ3n) is 2.35. The van der Waals surface area contributed by atoms with Gasteiger partial charge in [0, 0.05) is 4.90 Å². The lowest BCUT2D eigenvalue weighted by Crippen LogP contribution is -2.11. The summed E-state index contributed by atoms with van der Waals surface area (Å²) in [4.78, 5) is 21.2. The Hall–Kier alpha value is -1.02. The fraction of sp³-hybridized carbons (Fsp3) is 0.333. The van der Waals surface area contributed by atoms with E-state index < -0.39 is 22.7 Å². The highest BCUT2D eigenvalue weighted by Crippen LogP contribution is 2.41. The predicted molar refractivity (Wildman–Crippen MR) is 72.0 cm³/mol. The number of carbonyl (C=O) groups is 2. The first-order valence-corrected chi connectivity index (χ1v) is 7.09. The molecule has 1 unspecified atom stereocenters. The van der Waals surface area contributed by atoms with Crippen molar-refractivity contribution in [1.82, 2.24) is 0 Å². The zero-order chi connectivity index (χ0) is 15.5. The molecule has 20 heavy (non-hydrogen) atoms. The van der Waals surface area contributed by atoms with Gasteiger partial charge >= 0.3 is 11.5 Å². The quantitative estimate of drug-likeness (QED) is 0.629. The van der Waals surface area contributed by atoms with E-state index in [2.05, 4.69) is 15.9 Å². The van der Waals surface area contributed by atoms with Crippen LogP contribution in [0.1, 0.15) is 22.9 Å². The number of Topliss-reactive ketones (excluding diaryl/α,β-unsaturated/α-hetero) is 1. The van der Waals surface area contributed by atoms with E-state index >= 15 is 0 Å². The monoisotopic (exact) mass is 370 g/mol. The first-order valence-electron chi connectivity index (χ1n) is 5.35. The van der Waals surface area contributed by atoms with Crippen LogP contribution < -0.4 is 0 Å². The smallest absolute Gasteiger partial charge is 0.446 e. The van der Waals surface area contributed by atoms with Crippen LogP contribution >= 0.6 is 27.7 Å². The van der Waals surface area contributed by atoms with E-state index in [0.717, 1.165) is 0 Å². The van der Waals surface area contributed by atoms with Crippen molar-refractivity contribution in [3.8, 4) is 0 Å². The number of rotatable bonds is 5. The molecule has 0 saturated heterocycles. The number of carboxylic acid groups (broad SMARTS) is 1. The van der Waals surface area contributed by atoms with Gasteiger partial charge < -0.3 is 5.11 Å². The van der Waals surface area contributed by atoms with Gasteiger partial charge in [-0.3, -0.25) is 9.59 Å². The van der Waals surface area contributed by atoms with Crippen LogP contribution in [0.25, 0.3) is 0 Å². The average molecular weight is 371 g/mol. The molecule has 3 nitrogen and oxygen atoms in total. The molecule has 1 aromatic rings. The summed E-state index contributed by atoms with van der Waals surface area (Å²) in [7, 11) is 0. The molecule has 8 heteroatoms. The average Bonchev–Trinajstić information content (AvgIpc) is 2.27. The number of carbonyl (C=O) groups excluding carboxylic acids is 1. The molecule has 1 N–H and O–H groups in total. The summed E-state index contributed by atoms with van der Waals surface area (Å²) in [5.74, 6) is -1.57. The highest BCUT2D eigenvalue weighted by Gasteiger charge is 2.32. The topological polar surface area (TPSA) is 54.4 Å². The predicted octanol–water partition coefficient (Wildman–Crippen LogP) is 3.95. The number of hydrogen-bond donors (Lipinski definition) is 1. The Morgan fingerprint density at radius 2 is 2.00 bits per heavy atom. The second kappa shape index (κ2) is 6.62. The van der Waals surface area contributed by atoms with Crippen molar-refractivity contribution in [3.63, 3.8) is 0 Å². The Labute approximate surface area is 125 Å². The fourth-order valence-electron chi connectivity index (χ4n) is 1.60. The van der Waals surface area contributed by atoms with Crippen molar-refractivity contribution in [3.05, 3.63) is 29.3 Å². The number of ketones is 1. The number of aliphatic carboxylic acids is 1. The largest absolute Gasteiger partial charge is 0.481 e. The number of carboxylic acids is 1. The summed E-state index contributed by atoms with van der Waals surface area (Å²) in [6.45, 7) is 1.27. The summed E-state index contributed by atoms with van der Waals surface area (Å²) in [6, 6.07) is 4.01. The fourth-order valence-corrected chi connectivity index (χ4v) is 2.74. The number of benzene rings is 1. The summed E-state index contributed by atoms with van der Waals surface area (Å²) in [6.07, 6.45) is -0.579. The second-order valence-electron chi connectivity index (χ2n) is 3.92. The van der Waals surface area contributed by atoms with Gasteiger partial charge in [-0.25, -0.2) is 0 Å². The minimum atomic E-state index is -4.52. The number of alkyl halides is 4. The van der Waals surface area contributed by atoms with E-state index in [1.165, 1.54) is 25.1 Å². The Morgan fingerprint density at radius 1 is 1.40 bits per heavy atom. The van der Waals surface area contributed by atoms with Crippen molar-refractivity contribution >= 4 is 39.4 Å². The minimum Gasteiger partial charge on any atom is -0.481 e. The maximum absolute atomic E-state index is 12.5. The van der Waals surface area contributed by atoms with Gasteiger partial charge in [0.15, 0.2) is 0 Å². The molecule has 0 aliphatic rings. The van der Waals surface area contributed by atoms with Gasteiger partial charge in [-0.1, -0.05) is 28.1 Å². The van der Waals surface area contributed by atoms with Gasteiger partial charge in [-0.15, -0.1) is 0 Å². The second-order valence-corrected chi connectivity index (χ2v) is 5.94. The van der Waals surface area contributed by atoms with Crippen molar-refractivity contribution < 1.29 is 27.9 Å². The Bertz CT molecular complexity index is 531. The van der Waals surface area contributed by atoms with Crippen LogP contribution in [0.4, 0.5) is 13.2 Å². The van der Waals surface area contributed by atoms with E-state index in [1.54, 1.807) is 0 Å². The number of halogens is 4. The van der Waals surface area contributed by atoms with Crippen LogP contribution in [0, 0.1) is 0 Å². The summed E-state index contributed by atoms with van der Waals surface area (Å²) in [5, 5.41) is 8.84. The maximum atomic E-state index is 12.5. The van der Waals surface area contributed by atoms with Gasteiger partial charge in [-0.2, -0.15) is 13.2 Å². The molecular weight excluding hydrogens is 361 g/mol. The molecule has 0 aliphatic carbocycles. The first kappa shape index (κ1) is 17.0. The SMILES string of the molecule is CC(=O)C(Br)c1cccc(SC(F)(F)F)c1CC(=O)O. The molecule has 0 aliphatic heterocycles. The lowest BCUT2D eigenvalue weighted by Gasteiger charge is -2.16. The van der Waals surface area contributed by atoms with E-state index in [9.17, 15) is 22.8 Å². The van der Waals surface area contributed by atoms with E-state index in [0.29, 0.717) is 0 Å². The zero-order valence-electron chi connectivity index (χ0n) is 10.2. The van der Waals surface area contributed by atoms with Crippen LogP contribution in [-0.2, 0) is 16.0 Å². The van der Waals surface area contributed by atoms with Gasteiger partial charge in [0.2, 0.25) is 0 Å². The molecule has 0 saturated carbocycles. The standard InChI is InChI=1S/C12H10BrF3O3S/c1-6(17)11(13)7-3-2-4-9(20-12(14,15)16)8(7)5-10(18)19/h2-4,11H,5H2,1H3,(H,18,19). The number of hydrogen-bond acceptors (Lipinski definition) is 3. The summed E-state index contributed by atoms with van der Waals surface area (Å²) in [5.41, 5.74) is -4.28. The molecular formula is C12H10BrF3O3S. The van der Waals surface area contributed by atoms with Crippen molar-refractivity contribution in [2.24, 2.45) is 0 Å². The van der Waals surface area contributed by atoms with Crippen LogP contribution in [0.3, 0.4) is 0 Å². The minimum absolute atomic E-state index is 0.000556. The van der Waals surface area contributed by atoms with Crippen molar-refractivity contribution in [2.45, 2.75) is 28.6 Å². The normalized spacial score (nSPS) is 13.1. The highest BCUT2D eigenvalue weighted by molar-refractivity contribution is 9.09. The van der Waals surface area contributed by atoms with Crippen LogP contribution in [0.2, 0.25) is 0 Å². The molecule has 0 heterocycles. The Morgan fingerprint density at radius 3 is 2.45 bits per heavy atom. The Kier molecular flexibility index (Phi) is 5.64. The highest BCUT2D eigenvalue weighted by atomic mass is 79.9. The van der Waals surface area contributed by atoms with E-state index in [1.807, 2.05) is 0 Å². The number of thioether (sulfide) groups is 1. The summed E-state index contributed by atoms with van der Waals surface area (Å²) < 4.78 is 37.5. The lowest BCUT2D eigenvalue weighted by molar-refractivity contribution is -0.136. The molecule has 0 bridgehead atoms. The molecule has 0 fully saturated rings. The van der Waals surface area contributed by atoms with Crippen LogP contribution in [0.5, 0.6) is 0 Å². The molecule has 1 rings (SSSR count). The van der Waals surface area contributed by atoms with Crippen molar-refractivity contribution in [1.29, 1.82) is 0 Å². The van der Waals surface area contributed by atoms with E-state index in [-0.39, 0.29) is 33.6 Å². The first-order chi connectivity index (χ1) is 9.11. The zero-order valence-corrected chi connectivity index (χ0v) is 12.6. The third-order valence-corrected chi connectivity index (χ3v) is 4.32. The Balaban J connectivity index is 3.33. The van der Waals surface area contributed by atoms with Crippen LogP contribution in [-0.4, -0.2) is 22.4 Å². The third kappa shape index (κ3) is 4.82. The maximum Gasteiger partial charge on any atom is 0.446 e. The van der Waals surface area contributed by atoms with Gasteiger partial charge in [0.25, 0.3) is 0 Å². The molecule has 1 aromatic carbocycles.